The third-order valence-electron chi connectivity index (χ3n) is 10.7. The second kappa shape index (κ2) is 18.9. The number of amides is 3. The molecule has 1 aliphatic heterocycles. The fourth-order valence-corrected chi connectivity index (χ4v) is 7.63. The van der Waals surface area contributed by atoms with E-state index in [1.165, 1.54) is 22.0 Å². The standard InChI is InChI=1S/C44H52ClN7O6/c1-49(2)20-9-23-58-33-14-16-35-38(26-33)48-29-52(43(35)56)28-44(57)17-21-51(22-18-44)41(54)32(24-30-10-6-5-7-11-30)12-8-19-46-40(53)31-13-15-34-37(25-31)47-27-36(39(34)45)42(55)50(3)4/h5-7,10-11,13-16,25-27,29,32,57H,8-9,12,17-24,28H2,1-4H3,(H,46,53)/t32-/m1/s1. The first-order chi connectivity index (χ1) is 27.8. The highest BCUT2D eigenvalue weighted by molar-refractivity contribution is 6.38. The van der Waals surface area contributed by atoms with Crippen molar-refractivity contribution in [2.45, 2.75) is 50.7 Å². The molecule has 0 bridgehead atoms. The van der Waals surface area contributed by atoms with Crippen molar-refractivity contribution in [3.8, 4) is 5.75 Å². The van der Waals surface area contributed by atoms with Gasteiger partial charge in [0.05, 0.1) is 52.1 Å². The normalized spacial score (nSPS) is 14.4. The minimum atomic E-state index is -1.18. The molecule has 0 spiro atoms. The van der Waals surface area contributed by atoms with Crippen LogP contribution in [0.5, 0.6) is 5.75 Å². The van der Waals surface area contributed by atoms with Crippen molar-refractivity contribution in [1.82, 2.24) is 34.6 Å². The Bertz CT molecular complexity index is 2310. The second-order valence-electron chi connectivity index (χ2n) is 15.6. The van der Waals surface area contributed by atoms with E-state index >= 15 is 0 Å². The highest BCUT2D eigenvalue weighted by atomic mass is 35.5. The van der Waals surface area contributed by atoms with Crippen LogP contribution in [0.25, 0.3) is 21.8 Å². The molecule has 0 radical (unpaired) electrons. The molecule has 1 atom stereocenters. The maximum absolute atomic E-state index is 14.1. The summed E-state index contributed by atoms with van der Waals surface area (Å²) < 4.78 is 7.31. The molecule has 0 unspecified atom stereocenters. The van der Waals surface area contributed by atoms with Crippen molar-refractivity contribution < 1.29 is 24.2 Å². The number of likely N-dealkylation sites (tertiary alicyclic amines) is 1. The number of fused-ring (bicyclic) bond motifs is 2. The fraction of sp³-hybridized carbons (Fsp3) is 0.409. The van der Waals surface area contributed by atoms with Gasteiger partial charge in [0.1, 0.15) is 5.75 Å². The number of halogens is 1. The molecule has 306 valence electrons. The Morgan fingerprint density at radius 2 is 1.67 bits per heavy atom. The van der Waals surface area contributed by atoms with E-state index in [1.54, 1.807) is 50.5 Å². The van der Waals surface area contributed by atoms with Gasteiger partial charge < -0.3 is 29.9 Å². The lowest BCUT2D eigenvalue weighted by Gasteiger charge is -2.39. The van der Waals surface area contributed by atoms with Gasteiger partial charge in [0, 0.05) is 69.4 Å². The van der Waals surface area contributed by atoms with Crippen molar-refractivity contribution >= 4 is 51.1 Å². The van der Waals surface area contributed by atoms with Gasteiger partial charge in [-0.15, -0.1) is 0 Å². The van der Waals surface area contributed by atoms with Crippen LogP contribution in [0.1, 0.15) is 58.4 Å². The molecule has 13 nitrogen and oxygen atoms in total. The summed E-state index contributed by atoms with van der Waals surface area (Å²) in [7, 11) is 7.31. The molecule has 3 aromatic carbocycles. The van der Waals surface area contributed by atoms with Crippen molar-refractivity contribution in [2.24, 2.45) is 5.92 Å². The predicted molar refractivity (Wildman–Crippen MR) is 225 cm³/mol. The molecule has 2 N–H and O–H groups in total. The molecular formula is C44H52ClN7O6. The van der Waals surface area contributed by atoms with Gasteiger partial charge in [-0.2, -0.15) is 0 Å². The number of aliphatic hydroxyl groups is 1. The summed E-state index contributed by atoms with van der Waals surface area (Å²) >= 11 is 6.53. The van der Waals surface area contributed by atoms with Gasteiger partial charge in [-0.3, -0.25) is 28.7 Å². The van der Waals surface area contributed by atoms with Crippen LogP contribution in [0.3, 0.4) is 0 Å². The van der Waals surface area contributed by atoms with Gasteiger partial charge >= 0.3 is 0 Å². The fourth-order valence-electron chi connectivity index (χ4n) is 7.34. The average Bonchev–Trinajstić information content (AvgIpc) is 3.21. The summed E-state index contributed by atoms with van der Waals surface area (Å²) in [6, 6.07) is 20.1. The number of nitrogens with zero attached hydrogens (tertiary/aromatic N) is 6. The van der Waals surface area contributed by atoms with Crippen LogP contribution in [-0.2, 0) is 17.8 Å². The van der Waals surface area contributed by atoms with Crippen molar-refractivity contribution in [3.63, 3.8) is 0 Å². The largest absolute Gasteiger partial charge is 0.493 e. The molecule has 0 saturated carbocycles. The summed E-state index contributed by atoms with van der Waals surface area (Å²) in [6.45, 7) is 2.62. The Morgan fingerprint density at radius 3 is 2.40 bits per heavy atom. The zero-order valence-corrected chi connectivity index (χ0v) is 34.4. The number of rotatable bonds is 16. The van der Waals surface area contributed by atoms with Crippen LogP contribution in [0, 0.1) is 5.92 Å². The first-order valence-electron chi connectivity index (χ1n) is 19.7. The molecule has 6 rings (SSSR count). The number of nitrogens with one attached hydrogen (secondary N) is 1. The van der Waals surface area contributed by atoms with E-state index in [-0.39, 0.29) is 40.8 Å². The summed E-state index contributed by atoms with van der Waals surface area (Å²) in [5, 5.41) is 15.9. The average molecular weight is 810 g/mol. The molecule has 3 heterocycles. The number of ether oxygens (including phenoxy) is 1. The monoisotopic (exact) mass is 809 g/mol. The zero-order valence-electron chi connectivity index (χ0n) is 33.6. The van der Waals surface area contributed by atoms with Crippen LogP contribution in [-0.4, -0.2) is 119 Å². The van der Waals surface area contributed by atoms with Crippen LogP contribution >= 0.6 is 11.6 Å². The van der Waals surface area contributed by atoms with Gasteiger partial charge in [0.15, 0.2) is 0 Å². The minimum Gasteiger partial charge on any atom is -0.493 e. The van der Waals surface area contributed by atoms with Crippen LogP contribution in [0.2, 0.25) is 5.02 Å². The molecule has 58 heavy (non-hydrogen) atoms. The van der Waals surface area contributed by atoms with Crippen LogP contribution in [0.4, 0.5) is 0 Å². The van der Waals surface area contributed by atoms with Crippen LogP contribution < -0.4 is 15.6 Å². The molecule has 1 aliphatic rings. The van der Waals surface area contributed by atoms with E-state index in [0.717, 1.165) is 18.5 Å². The summed E-state index contributed by atoms with van der Waals surface area (Å²) in [4.78, 5) is 67.3. The SMILES string of the molecule is CN(C)CCCOc1ccc2c(=O)n(CC3(O)CCN(C(=O)[C@H](CCCNC(=O)c4ccc5c(Cl)c(C(=O)N(C)C)cnc5c4)Cc4ccccc4)CC3)cnc2c1. The third-order valence-corrected chi connectivity index (χ3v) is 11.1. The molecule has 3 amide bonds. The van der Waals surface area contributed by atoms with E-state index < -0.39 is 5.60 Å². The van der Waals surface area contributed by atoms with Crippen molar-refractivity contribution in [1.29, 1.82) is 0 Å². The lowest BCUT2D eigenvalue weighted by molar-refractivity contribution is -0.140. The number of piperidine rings is 1. The zero-order chi connectivity index (χ0) is 41.4. The first-order valence-corrected chi connectivity index (χ1v) is 20.1. The summed E-state index contributed by atoms with van der Waals surface area (Å²) in [5.41, 5.74) is 1.36. The number of carbonyl (C=O) groups excluding carboxylic acids is 3. The van der Waals surface area contributed by atoms with E-state index in [0.29, 0.717) is 97.0 Å². The lowest BCUT2D eigenvalue weighted by Crippen LogP contribution is -2.51. The van der Waals surface area contributed by atoms with Gasteiger partial charge in [-0.1, -0.05) is 48.0 Å². The Balaban J connectivity index is 1.04. The number of carbonyl (C=O) groups is 3. The van der Waals surface area contributed by atoms with Gasteiger partial charge in [0.2, 0.25) is 5.91 Å². The molecule has 2 aromatic heterocycles. The highest BCUT2D eigenvalue weighted by Crippen LogP contribution is 2.29. The smallest absolute Gasteiger partial charge is 0.261 e. The van der Waals surface area contributed by atoms with Crippen LogP contribution in [0.15, 0.2) is 84.0 Å². The second-order valence-corrected chi connectivity index (χ2v) is 16.0. The number of aromatic nitrogens is 3. The topological polar surface area (TPSA) is 150 Å². The van der Waals surface area contributed by atoms with E-state index in [1.807, 2.05) is 49.3 Å². The highest BCUT2D eigenvalue weighted by Gasteiger charge is 2.36. The quantitative estimate of drug-likeness (QED) is 0.131. The maximum Gasteiger partial charge on any atom is 0.261 e. The molecule has 1 saturated heterocycles. The maximum atomic E-state index is 14.1. The Kier molecular flexibility index (Phi) is 13.8. The minimum absolute atomic E-state index is 0.00565. The molecule has 5 aromatic rings. The van der Waals surface area contributed by atoms with Crippen molar-refractivity contribution in [3.05, 3.63) is 111 Å². The summed E-state index contributed by atoms with van der Waals surface area (Å²) in [6.07, 6.45) is 6.07. The lowest BCUT2D eigenvalue weighted by atomic mass is 9.88. The summed E-state index contributed by atoms with van der Waals surface area (Å²) in [5.74, 6) is -0.202. The number of pyridine rings is 1. The molecule has 0 aliphatic carbocycles. The third kappa shape index (κ3) is 10.4. The molecule has 1 fully saturated rings. The van der Waals surface area contributed by atoms with E-state index in [9.17, 15) is 24.3 Å². The molecular weight excluding hydrogens is 758 g/mol. The Hall–Kier alpha value is -5.37. The number of hydrogen-bond acceptors (Lipinski definition) is 9. The number of benzene rings is 3. The van der Waals surface area contributed by atoms with Gasteiger partial charge in [0.25, 0.3) is 17.4 Å². The molecule has 14 heteroatoms. The first kappa shape index (κ1) is 42.2. The van der Waals surface area contributed by atoms with Gasteiger partial charge in [-0.05, 0) is 82.4 Å². The van der Waals surface area contributed by atoms with E-state index in [2.05, 4.69) is 20.2 Å². The van der Waals surface area contributed by atoms with Crippen molar-refractivity contribution in [2.75, 3.05) is 61.0 Å². The Morgan fingerprint density at radius 1 is 0.948 bits per heavy atom. The predicted octanol–water partition coefficient (Wildman–Crippen LogP) is 5.05. The van der Waals surface area contributed by atoms with Gasteiger partial charge in [-0.25, -0.2) is 4.98 Å². The van der Waals surface area contributed by atoms with E-state index in [4.69, 9.17) is 16.3 Å². The Labute approximate surface area is 343 Å². The number of hydrogen-bond donors (Lipinski definition) is 2.